The van der Waals surface area contributed by atoms with Gasteiger partial charge >= 0.3 is 0 Å². The first kappa shape index (κ1) is 14.9. The van der Waals surface area contributed by atoms with Gasteiger partial charge in [-0.2, -0.15) is 0 Å². The molecule has 1 atom stereocenters. The van der Waals surface area contributed by atoms with Crippen LogP contribution in [0.2, 0.25) is 0 Å². The molecule has 0 amide bonds. The van der Waals surface area contributed by atoms with Crippen LogP contribution in [0.3, 0.4) is 0 Å². The van der Waals surface area contributed by atoms with Crippen molar-refractivity contribution in [2.24, 2.45) is 5.84 Å². The Balaban J connectivity index is 2.24. The highest BCUT2D eigenvalue weighted by Gasteiger charge is 2.19. The quantitative estimate of drug-likeness (QED) is 0.632. The van der Waals surface area contributed by atoms with Crippen LogP contribution in [0.5, 0.6) is 5.75 Å². The minimum atomic E-state index is -0.0851. The first-order valence-electron chi connectivity index (χ1n) is 6.69. The van der Waals surface area contributed by atoms with Gasteiger partial charge in [0, 0.05) is 0 Å². The summed E-state index contributed by atoms with van der Waals surface area (Å²) in [5, 5.41) is 4.13. The second-order valence-electron chi connectivity index (χ2n) is 4.77. The molecule has 0 aliphatic heterocycles. The molecule has 0 spiro atoms. The largest absolute Gasteiger partial charge is 0.491 e. The molecule has 2 aromatic rings. The summed E-state index contributed by atoms with van der Waals surface area (Å²) in [5.41, 5.74) is 4.91. The third-order valence-corrected chi connectivity index (χ3v) is 3.77. The Morgan fingerprint density at radius 1 is 1.30 bits per heavy atom. The summed E-state index contributed by atoms with van der Waals surface area (Å²) in [6.45, 7) is 6.08. The van der Waals surface area contributed by atoms with Crippen molar-refractivity contribution in [3.05, 3.63) is 40.4 Å². The van der Waals surface area contributed by atoms with E-state index in [9.17, 15) is 0 Å². The maximum atomic E-state index is 5.71. The van der Waals surface area contributed by atoms with Crippen molar-refractivity contribution in [3.8, 4) is 5.75 Å². The van der Waals surface area contributed by atoms with Gasteiger partial charge in [0.15, 0.2) is 0 Å². The van der Waals surface area contributed by atoms with E-state index in [1.807, 2.05) is 38.1 Å². The van der Waals surface area contributed by atoms with E-state index in [4.69, 9.17) is 10.6 Å². The summed E-state index contributed by atoms with van der Waals surface area (Å²) in [5.74, 6) is 6.57. The Morgan fingerprint density at radius 3 is 2.55 bits per heavy atom. The fourth-order valence-electron chi connectivity index (χ4n) is 2.01. The molecule has 1 heterocycles. The molecular weight excluding hydrogens is 272 g/mol. The van der Waals surface area contributed by atoms with Gasteiger partial charge in [-0.05, 0) is 49.5 Å². The van der Waals surface area contributed by atoms with Crippen LogP contribution >= 0.6 is 11.5 Å². The van der Waals surface area contributed by atoms with Crippen LogP contribution < -0.4 is 16.0 Å². The normalized spacial score (nSPS) is 12.7. The molecule has 2 rings (SSSR count). The fourth-order valence-corrected chi connectivity index (χ4v) is 2.84. The van der Waals surface area contributed by atoms with Crippen LogP contribution in [0, 0.1) is 0 Å². The van der Waals surface area contributed by atoms with E-state index in [2.05, 4.69) is 21.9 Å². The van der Waals surface area contributed by atoms with Gasteiger partial charge in [0.05, 0.1) is 22.7 Å². The first-order chi connectivity index (χ1) is 9.65. The van der Waals surface area contributed by atoms with Crippen molar-refractivity contribution >= 4 is 11.5 Å². The summed E-state index contributed by atoms with van der Waals surface area (Å²) in [6, 6.07) is 7.86. The number of hydrogen-bond acceptors (Lipinski definition) is 6. The van der Waals surface area contributed by atoms with Crippen LogP contribution in [0.1, 0.15) is 42.9 Å². The van der Waals surface area contributed by atoms with Gasteiger partial charge in [-0.3, -0.25) is 5.84 Å². The molecule has 1 aromatic carbocycles. The summed E-state index contributed by atoms with van der Waals surface area (Å²) >= 11 is 1.38. The zero-order valence-electron chi connectivity index (χ0n) is 12.0. The molecule has 0 radical (unpaired) electrons. The molecule has 1 aromatic heterocycles. The van der Waals surface area contributed by atoms with E-state index in [0.29, 0.717) is 0 Å². The van der Waals surface area contributed by atoms with Gasteiger partial charge in [0.2, 0.25) is 0 Å². The Kier molecular flexibility index (Phi) is 5.05. The van der Waals surface area contributed by atoms with E-state index in [-0.39, 0.29) is 12.1 Å². The zero-order chi connectivity index (χ0) is 14.5. The second-order valence-corrected chi connectivity index (χ2v) is 5.56. The van der Waals surface area contributed by atoms with Gasteiger partial charge in [-0.15, -0.1) is 5.10 Å². The third kappa shape index (κ3) is 3.33. The number of nitrogens with two attached hydrogens (primary N) is 1. The van der Waals surface area contributed by atoms with Crippen molar-refractivity contribution in [3.63, 3.8) is 0 Å². The smallest absolute Gasteiger partial charge is 0.119 e. The molecular formula is C14H20N4OS. The summed E-state index contributed by atoms with van der Waals surface area (Å²) in [4.78, 5) is 1.06. The lowest BCUT2D eigenvalue weighted by Crippen LogP contribution is -2.28. The molecule has 108 valence electrons. The number of aryl methyl sites for hydroxylation is 1. The van der Waals surface area contributed by atoms with Crippen LogP contribution in [-0.2, 0) is 6.42 Å². The van der Waals surface area contributed by atoms with Crippen LogP contribution in [0.25, 0.3) is 0 Å². The van der Waals surface area contributed by atoms with Crippen LogP contribution in [0.15, 0.2) is 24.3 Å². The van der Waals surface area contributed by atoms with Crippen molar-refractivity contribution in [1.29, 1.82) is 0 Å². The van der Waals surface area contributed by atoms with E-state index < -0.39 is 0 Å². The average molecular weight is 292 g/mol. The molecule has 0 fully saturated rings. The molecule has 3 N–H and O–H groups in total. The van der Waals surface area contributed by atoms with Crippen molar-refractivity contribution in [2.75, 3.05) is 0 Å². The molecule has 5 nitrogen and oxygen atoms in total. The second kappa shape index (κ2) is 6.78. The number of nitrogens with one attached hydrogen (secondary N) is 1. The van der Waals surface area contributed by atoms with Gasteiger partial charge in [0.25, 0.3) is 0 Å². The Morgan fingerprint density at radius 2 is 2.00 bits per heavy atom. The molecule has 20 heavy (non-hydrogen) atoms. The Bertz CT molecular complexity index is 538. The Labute approximate surface area is 123 Å². The molecule has 1 unspecified atom stereocenters. The van der Waals surface area contributed by atoms with E-state index in [0.717, 1.165) is 28.3 Å². The SMILES string of the molecule is CCc1nnsc1C(NN)c1ccc(OC(C)C)cc1. The number of ether oxygens (including phenoxy) is 1. The monoisotopic (exact) mass is 292 g/mol. The molecule has 6 heteroatoms. The number of hydrogen-bond donors (Lipinski definition) is 2. The summed E-state index contributed by atoms with van der Waals surface area (Å²) < 4.78 is 9.66. The molecule has 0 aliphatic carbocycles. The fraction of sp³-hybridized carbons (Fsp3) is 0.429. The van der Waals surface area contributed by atoms with Crippen molar-refractivity contribution in [2.45, 2.75) is 39.3 Å². The van der Waals surface area contributed by atoms with Crippen molar-refractivity contribution in [1.82, 2.24) is 15.0 Å². The molecule has 0 aliphatic rings. The Hall–Kier alpha value is -1.50. The molecule has 0 saturated carbocycles. The zero-order valence-corrected chi connectivity index (χ0v) is 12.8. The number of aromatic nitrogens is 2. The van der Waals surface area contributed by atoms with Gasteiger partial charge in [-0.25, -0.2) is 5.43 Å². The van der Waals surface area contributed by atoms with E-state index in [1.54, 1.807) is 0 Å². The van der Waals surface area contributed by atoms with Gasteiger partial charge in [-0.1, -0.05) is 23.5 Å². The summed E-state index contributed by atoms with van der Waals surface area (Å²) in [7, 11) is 0. The molecule has 0 bridgehead atoms. The lowest BCUT2D eigenvalue weighted by atomic mass is 10.0. The lowest BCUT2D eigenvalue weighted by Gasteiger charge is -2.16. The summed E-state index contributed by atoms with van der Waals surface area (Å²) in [6.07, 6.45) is 1.01. The number of hydrazine groups is 1. The maximum absolute atomic E-state index is 5.71. The van der Waals surface area contributed by atoms with Crippen molar-refractivity contribution < 1.29 is 4.74 Å². The van der Waals surface area contributed by atoms with E-state index in [1.165, 1.54) is 11.5 Å². The highest BCUT2D eigenvalue weighted by Crippen LogP contribution is 2.28. The first-order valence-corrected chi connectivity index (χ1v) is 7.46. The number of benzene rings is 1. The maximum Gasteiger partial charge on any atom is 0.119 e. The minimum absolute atomic E-state index is 0.0851. The predicted octanol–water partition coefficient (Wildman–Crippen LogP) is 2.44. The van der Waals surface area contributed by atoms with Gasteiger partial charge < -0.3 is 4.74 Å². The standard InChI is InChI=1S/C14H20N4OS/c1-4-12-14(20-18-17-12)13(16-15)10-5-7-11(8-6-10)19-9(2)3/h5-9,13,16H,4,15H2,1-3H3. The lowest BCUT2D eigenvalue weighted by molar-refractivity contribution is 0.242. The topological polar surface area (TPSA) is 73.1 Å². The highest BCUT2D eigenvalue weighted by atomic mass is 32.1. The van der Waals surface area contributed by atoms with Crippen LogP contribution in [-0.4, -0.2) is 15.7 Å². The van der Waals surface area contributed by atoms with Crippen LogP contribution in [0.4, 0.5) is 0 Å². The van der Waals surface area contributed by atoms with Gasteiger partial charge in [0.1, 0.15) is 5.75 Å². The number of nitrogens with zero attached hydrogens (tertiary/aromatic N) is 2. The minimum Gasteiger partial charge on any atom is -0.491 e. The molecule has 0 saturated heterocycles. The number of rotatable bonds is 6. The van der Waals surface area contributed by atoms with E-state index >= 15 is 0 Å². The predicted molar refractivity (Wildman–Crippen MR) is 80.7 cm³/mol. The highest BCUT2D eigenvalue weighted by molar-refractivity contribution is 7.05. The third-order valence-electron chi connectivity index (χ3n) is 2.93. The average Bonchev–Trinajstić information content (AvgIpc) is 2.89.